The molecule has 2 amide bonds. The maximum absolute atomic E-state index is 12.7. The van der Waals surface area contributed by atoms with E-state index in [1.165, 1.54) is 0 Å². The lowest BCUT2D eigenvalue weighted by atomic mass is 9.86. The van der Waals surface area contributed by atoms with Gasteiger partial charge < -0.3 is 20.1 Å². The molecular formula is C18H22N2O5. The zero-order valence-corrected chi connectivity index (χ0v) is 14.0. The molecule has 25 heavy (non-hydrogen) atoms. The summed E-state index contributed by atoms with van der Waals surface area (Å²) in [5.74, 6) is -1.21. The molecule has 2 heterocycles. The second kappa shape index (κ2) is 7.23. The molecule has 0 radical (unpaired) electrons. The number of carbonyl (C=O) groups is 3. The lowest BCUT2D eigenvalue weighted by Gasteiger charge is -2.36. The second-order valence-electron chi connectivity index (χ2n) is 6.62. The third kappa shape index (κ3) is 3.99. The monoisotopic (exact) mass is 346 g/mol. The number of carbonyl (C=O) groups excluding carboxylic acids is 2. The fraction of sp³-hybridized carbons (Fsp3) is 0.500. The Morgan fingerprint density at radius 3 is 2.68 bits per heavy atom. The van der Waals surface area contributed by atoms with Gasteiger partial charge in [0.15, 0.2) is 0 Å². The van der Waals surface area contributed by atoms with Gasteiger partial charge in [-0.15, -0.1) is 0 Å². The number of hydrogen-bond donors (Lipinski definition) is 2. The number of benzene rings is 1. The number of hydrogen-bond acceptors (Lipinski definition) is 4. The summed E-state index contributed by atoms with van der Waals surface area (Å²) in [7, 11) is 0. The van der Waals surface area contributed by atoms with Crippen molar-refractivity contribution in [2.75, 3.05) is 24.7 Å². The molecule has 0 aromatic heterocycles. The van der Waals surface area contributed by atoms with Crippen molar-refractivity contribution in [1.29, 1.82) is 0 Å². The largest absolute Gasteiger partial charge is 0.481 e. The van der Waals surface area contributed by atoms with E-state index in [1.54, 1.807) is 23.1 Å². The minimum Gasteiger partial charge on any atom is -0.481 e. The SMILES string of the molecule is O=C(O)CC1(NC(=O)c2cccc(N3CCCC3=O)c2)CCOCC1. The third-order valence-electron chi connectivity index (χ3n) is 4.81. The predicted octanol–water partition coefficient (Wildman–Crippen LogP) is 1.57. The molecule has 0 bridgehead atoms. The Balaban J connectivity index is 1.77. The van der Waals surface area contributed by atoms with Crippen molar-refractivity contribution in [3.05, 3.63) is 29.8 Å². The molecule has 2 aliphatic rings. The van der Waals surface area contributed by atoms with Crippen LogP contribution in [0.5, 0.6) is 0 Å². The summed E-state index contributed by atoms with van der Waals surface area (Å²) in [6, 6.07) is 6.91. The summed E-state index contributed by atoms with van der Waals surface area (Å²) in [6.07, 6.45) is 2.15. The highest BCUT2D eigenvalue weighted by molar-refractivity contribution is 5.99. The molecule has 0 atom stereocenters. The molecule has 2 aliphatic heterocycles. The van der Waals surface area contributed by atoms with Crippen molar-refractivity contribution in [1.82, 2.24) is 5.32 Å². The molecular weight excluding hydrogens is 324 g/mol. The Hall–Kier alpha value is -2.41. The number of rotatable bonds is 5. The first-order valence-electron chi connectivity index (χ1n) is 8.52. The Labute approximate surface area is 146 Å². The minimum absolute atomic E-state index is 0.0596. The van der Waals surface area contributed by atoms with Crippen LogP contribution in [0.4, 0.5) is 5.69 Å². The number of carboxylic acid groups (broad SMARTS) is 1. The van der Waals surface area contributed by atoms with Crippen LogP contribution >= 0.6 is 0 Å². The number of anilines is 1. The van der Waals surface area contributed by atoms with E-state index >= 15 is 0 Å². The zero-order valence-electron chi connectivity index (χ0n) is 14.0. The van der Waals surface area contributed by atoms with E-state index in [1.807, 2.05) is 6.07 Å². The third-order valence-corrected chi connectivity index (χ3v) is 4.81. The quantitative estimate of drug-likeness (QED) is 0.844. The summed E-state index contributed by atoms with van der Waals surface area (Å²) in [5, 5.41) is 12.1. The van der Waals surface area contributed by atoms with Crippen molar-refractivity contribution in [2.24, 2.45) is 0 Å². The first-order chi connectivity index (χ1) is 12.0. The highest BCUT2D eigenvalue weighted by Crippen LogP contribution is 2.26. The van der Waals surface area contributed by atoms with Crippen LogP contribution in [0.15, 0.2) is 24.3 Å². The number of amides is 2. The number of aliphatic carboxylic acids is 1. The van der Waals surface area contributed by atoms with Crippen LogP contribution in [-0.2, 0) is 14.3 Å². The van der Waals surface area contributed by atoms with Crippen molar-refractivity contribution < 1.29 is 24.2 Å². The summed E-state index contributed by atoms with van der Waals surface area (Å²) >= 11 is 0. The van der Waals surface area contributed by atoms with Crippen molar-refractivity contribution >= 4 is 23.5 Å². The standard InChI is InChI=1S/C18H22N2O5/c21-15-5-2-8-20(15)14-4-1-3-13(11-14)17(24)19-18(12-16(22)23)6-9-25-10-7-18/h1,3-4,11H,2,5-10,12H2,(H,19,24)(H,22,23). The Bertz CT molecular complexity index is 682. The molecule has 3 rings (SSSR count). The van der Waals surface area contributed by atoms with E-state index < -0.39 is 11.5 Å². The molecule has 1 aromatic carbocycles. The summed E-state index contributed by atoms with van der Waals surface area (Å²) < 4.78 is 5.30. The van der Waals surface area contributed by atoms with Gasteiger partial charge in [0, 0.05) is 37.4 Å². The second-order valence-corrected chi connectivity index (χ2v) is 6.62. The topological polar surface area (TPSA) is 95.9 Å². The normalized spacial score (nSPS) is 19.7. The van der Waals surface area contributed by atoms with E-state index in [2.05, 4.69) is 5.32 Å². The molecule has 0 saturated carbocycles. The number of ether oxygens (including phenoxy) is 1. The van der Waals surface area contributed by atoms with Gasteiger partial charge in [-0.05, 0) is 37.5 Å². The summed E-state index contributed by atoms with van der Waals surface area (Å²) in [4.78, 5) is 37.5. The van der Waals surface area contributed by atoms with Crippen LogP contribution in [0.2, 0.25) is 0 Å². The number of nitrogens with one attached hydrogen (secondary N) is 1. The highest BCUT2D eigenvalue weighted by Gasteiger charge is 2.36. The van der Waals surface area contributed by atoms with E-state index in [0.717, 1.165) is 6.42 Å². The van der Waals surface area contributed by atoms with Crippen molar-refractivity contribution in [2.45, 2.75) is 37.6 Å². The van der Waals surface area contributed by atoms with Crippen molar-refractivity contribution in [3.63, 3.8) is 0 Å². The van der Waals surface area contributed by atoms with Gasteiger partial charge in [0.1, 0.15) is 0 Å². The van der Waals surface area contributed by atoms with Gasteiger partial charge in [0.05, 0.1) is 12.0 Å². The summed E-state index contributed by atoms with van der Waals surface area (Å²) in [5.41, 5.74) is 0.337. The van der Waals surface area contributed by atoms with E-state index in [9.17, 15) is 19.5 Å². The molecule has 0 aliphatic carbocycles. The first kappa shape index (κ1) is 17.4. The van der Waals surface area contributed by atoms with Crippen LogP contribution in [0.25, 0.3) is 0 Å². The highest BCUT2D eigenvalue weighted by atomic mass is 16.5. The molecule has 1 aromatic rings. The fourth-order valence-corrected chi connectivity index (χ4v) is 3.45. The zero-order chi connectivity index (χ0) is 17.9. The Morgan fingerprint density at radius 2 is 2.04 bits per heavy atom. The molecule has 7 nitrogen and oxygen atoms in total. The van der Waals surface area contributed by atoms with Crippen LogP contribution in [-0.4, -0.2) is 48.2 Å². The number of carboxylic acids is 1. The Kier molecular flexibility index (Phi) is 5.03. The molecule has 0 spiro atoms. The lowest BCUT2D eigenvalue weighted by Crippen LogP contribution is -2.53. The average Bonchev–Trinajstić information content (AvgIpc) is 3.01. The van der Waals surface area contributed by atoms with Crippen LogP contribution < -0.4 is 10.2 Å². The van der Waals surface area contributed by atoms with Crippen LogP contribution in [0.1, 0.15) is 42.5 Å². The van der Waals surface area contributed by atoms with Gasteiger partial charge in [0.2, 0.25) is 5.91 Å². The molecule has 0 unspecified atom stereocenters. The van der Waals surface area contributed by atoms with Crippen LogP contribution in [0.3, 0.4) is 0 Å². The minimum atomic E-state index is -0.946. The van der Waals surface area contributed by atoms with E-state index in [0.29, 0.717) is 50.3 Å². The van der Waals surface area contributed by atoms with Gasteiger partial charge in [0.25, 0.3) is 5.91 Å². The van der Waals surface area contributed by atoms with Gasteiger partial charge >= 0.3 is 5.97 Å². The molecule has 2 fully saturated rings. The molecule has 134 valence electrons. The van der Waals surface area contributed by atoms with Gasteiger partial charge in [-0.1, -0.05) is 6.07 Å². The first-order valence-corrected chi connectivity index (χ1v) is 8.52. The summed E-state index contributed by atoms with van der Waals surface area (Å²) in [6.45, 7) is 1.51. The number of nitrogens with zero attached hydrogens (tertiary/aromatic N) is 1. The Morgan fingerprint density at radius 1 is 1.28 bits per heavy atom. The fourth-order valence-electron chi connectivity index (χ4n) is 3.45. The van der Waals surface area contributed by atoms with Crippen LogP contribution in [0, 0.1) is 0 Å². The molecule has 2 saturated heterocycles. The maximum Gasteiger partial charge on any atom is 0.305 e. The van der Waals surface area contributed by atoms with E-state index in [-0.39, 0.29) is 18.2 Å². The smallest absolute Gasteiger partial charge is 0.305 e. The van der Waals surface area contributed by atoms with Crippen molar-refractivity contribution in [3.8, 4) is 0 Å². The van der Waals surface area contributed by atoms with Gasteiger partial charge in [-0.2, -0.15) is 0 Å². The van der Waals surface area contributed by atoms with E-state index in [4.69, 9.17) is 4.74 Å². The van der Waals surface area contributed by atoms with Gasteiger partial charge in [-0.25, -0.2) is 0 Å². The average molecular weight is 346 g/mol. The maximum atomic E-state index is 12.7. The molecule has 2 N–H and O–H groups in total. The lowest BCUT2D eigenvalue weighted by molar-refractivity contribution is -0.139. The molecule has 7 heteroatoms. The van der Waals surface area contributed by atoms with Gasteiger partial charge in [-0.3, -0.25) is 14.4 Å². The predicted molar refractivity (Wildman–Crippen MR) is 90.5 cm³/mol.